The molecule has 1 aliphatic rings. The van der Waals surface area contributed by atoms with Crippen molar-refractivity contribution >= 4 is 28.6 Å². The first kappa shape index (κ1) is 34.1. The molecule has 4 aromatic rings. The van der Waals surface area contributed by atoms with E-state index in [0.29, 0.717) is 53.5 Å². The average molecular weight is 659 g/mol. The molecule has 0 amide bonds. The largest absolute Gasteiger partial charge is 0.491 e. The van der Waals surface area contributed by atoms with Crippen LogP contribution in [0, 0.1) is 0 Å². The van der Waals surface area contributed by atoms with Crippen LogP contribution in [0.5, 0.6) is 11.5 Å². The second-order valence-electron chi connectivity index (χ2n) is 11.5. The summed E-state index contributed by atoms with van der Waals surface area (Å²) in [7, 11) is 0. The van der Waals surface area contributed by atoms with Crippen molar-refractivity contribution in [1.82, 2.24) is 5.32 Å². The van der Waals surface area contributed by atoms with Crippen LogP contribution in [0.1, 0.15) is 60.0 Å². The van der Waals surface area contributed by atoms with Crippen molar-refractivity contribution in [3.05, 3.63) is 120 Å². The number of nitrogens with zero attached hydrogens (tertiary/aromatic N) is 1. The molecule has 10 heteroatoms. The maximum absolute atomic E-state index is 12.6. The number of carbonyl (C=O) groups excluding carboxylic acids is 1. The van der Waals surface area contributed by atoms with Crippen molar-refractivity contribution in [1.29, 1.82) is 0 Å². The number of anilines is 2. The first-order chi connectivity index (χ1) is 22.9. The lowest BCUT2D eigenvalue weighted by molar-refractivity contribution is 0.0526. The molecule has 0 heterocycles. The minimum absolute atomic E-state index is 0.0480. The van der Waals surface area contributed by atoms with Gasteiger partial charge < -0.3 is 24.6 Å². The monoisotopic (exact) mass is 658 g/mol. The van der Waals surface area contributed by atoms with Gasteiger partial charge in [-0.3, -0.25) is 4.55 Å². The van der Waals surface area contributed by atoms with Crippen LogP contribution in [0.4, 0.5) is 11.4 Å². The van der Waals surface area contributed by atoms with Crippen molar-refractivity contribution in [3.8, 4) is 11.5 Å². The Balaban J connectivity index is 1.15. The third kappa shape index (κ3) is 9.65. The summed E-state index contributed by atoms with van der Waals surface area (Å²) in [5.41, 5.74) is 3.65. The van der Waals surface area contributed by atoms with Crippen LogP contribution in [0.25, 0.3) is 0 Å². The van der Waals surface area contributed by atoms with Gasteiger partial charge in [0, 0.05) is 18.7 Å². The fourth-order valence-electron chi connectivity index (χ4n) is 5.77. The molecule has 1 saturated carbocycles. The van der Waals surface area contributed by atoms with E-state index in [0.717, 1.165) is 31.2 Å². The van der Waals surface area contributed by atoms with Gasteiger partial charge in [-0.2, -0.15) is 0 Å². The minimum Gasteiger partial charge on any atom is -0.491 e. The molecular weight excluding hydrogens is 616 g/mol. The van der Waals surface area contributed by atoms with Gasteiger partial charge in [-0.05, 0) is 86.1 Å². The first-order valence-electron chi connectivity index (χ1n) is 16.0. The molecule has 2 atom stereocenters. The summed E-state index contributed by atoms with van der Waals surface area (Å²) in [5, 5.41) is 14.2. The highest BCUT2D eigenvalue weighted by Gasteiger charge is 2.24. The van der Waals surface area contributed by atoms with Crippen LogP contribution in [0.3, 0.4) is 0 Å². The molecule has 1 aliphatic carbocycles. The molecule has 248 valence electrons. The normalized spacial score (nSPS) is 17.3. The van der Waals surface area contributed by atoms with Crippen molar-refractivity contribution in [2.45, 2.75) is 57.3 Å². The molecule has 1 fully saturated rings. The van der Waals surface area contributed by atoms with E-state index in [2.05, 4.69) is 5.32 Å². The number of ether oxygens (including phenoxy) is 3. The topological polar surface area (TPSA) is 118 Å². The Labute approximate surface area is 278 Å². The third-order valence-electron chi connectivity index (χ3n) is 8.24. The standard InChI is InChI=1S/C37H42N2O7S/c1-2-44-37(41)30-15-13-28(14-16-30)29-17-19-31(20-18-29)38-24-33(40)26-45-34-21-22-36(46-25-27-9-5-3-6-10-27)35(23-34)39(47(42)43)32-11-7-4-8-12-32/h3-16,21-23,29,31,33,38,40H,2,17-20,24-26H2,1H3,(H,42,43)/t29?,31?,33-/m0/s1. The van der Waals surface area contributed by atoms with Crippen molar-refractivity contribution in [2.75, 3.05) is 24.1 Å². The Morgan fingerprint density at radius 1 is 0.915 bits per heavy atom. The Hall–Kier alpha value is -4.22. The van der Waals surface area contributed by atoms with Crippen LogP contribution in [-0.4, -0.2) is 51.7 Å². The van der Waals surface area contributed by atoms with E-state index in [1.807, 2.05) is 60.7 Å². The molecule has 1 unspecified atom stereocenters. The zero-order chi connectivity index (χ0) is 33.0. The van der Waals surface area contributed by atoms with Gasteiger partial charge in [0.15, 0.2) is 0 Å². The maximum atomic E-state index is 12.6. The summed E-state index contributed by atoms with van der Waals surface area (Å²) in [4.78, 5) is 11.9. The molecule has 0 aliphatic heterocycles. The predicted octanol–water partition coefficient (Wildman–Crippen LogP) is 6.77. The van der Waals surface area contributed by atoms with Crippen molar-refractivity contribution in [3.63, 3.8) is 0 Å². The zero-order valence-corrected chi connectivity index (χ0v) is 27.3. The van der Waals surface area contributed by atoms with Gasteiger partial charge in [0.05, 0.1) is 17.9 Å². The number of benzene rings is 4. The van der Waals surface area contributed by atoms with Gasteiger partial charge in [0.25, 0.3) is 11.3 Å². The molecular formula is C37H42N2O7S. The lowest BCUT2D eigenvalue weighted by Crippen LogP contribution is -2.39. The fourth-order valence-corrected chi connectivity index (χ4v) is 6.38. The van der Waals surface area contributed by atoms with Crippen LogP contribution < -0.4 is 19.1 Å². The molecule has 0 aromatic heterocycles. The Kier molecular flexibility index (Phi) is 12.4. The number of nitrogens with one attached hydrogen (secondary N) is 1. The highest BCUT2D eigenvalue weighted by molar-refractivity contribution is 7.81. The van der Waals surface area contributed by atoms with E-state index < -0.39 is 17.4 Å². The van der Waals surface area contributed by atoms with Gasteiger partial charge in [0.1, 0.15) is 36.5 Å². The van der Waals surface area contributed by atoms with Crippen molar-refractivity contribution in [2.24, 2.45) is 0 Å². The molecule has 3 N–H and O–H groups in total. The highest BCUT2D eigenvalue weighted by atomic mass is 32.2. The minimum atomic E-state index is -2.39. The van der Waals surface area contributed by atoms with E-state index >= 15 is 0 Å². The van der Waals surface area contributed by atoms with E-state index in [1.54, 1.807) is 49.4 Å². The summed E-state index contributed by atoms with van der Waals surface area (Å²) in [6.45, 7) is 2.87. The summed E-state index contributed by atoms with van der Waals surface area (Å²) in [6, 6.07) is 31.7. The van der Waals surface area contributed by atoms with E-state index in [4.69, 9.17) is 14.2 Å². The van der Waals surface area contributed by atoms with Gasteiger partial charge in [-0.15, -0.1) is 0 Å². The van der Waals surface area contributed by atoms with Gasteiger partial charge in [-0.1, -0.05) is 60.7 Å². The Bertz CT molecular complexity index is 1580. The number of aliphatic hydroxyl groups excluding tert-OH is 1. The van der Waals surface area contributed by atoms with Gasteiger partial charge in [0.2, 0.25) is 0 Å². The molecule has 47 heavy (non-hydrogen) atoms. The van der Waals surface area contributed by atoms with Crippen LogP contribution in [-0.2, 0) is 22.6 Å². The fraction of sp³-hybridized carbons (Fsp3) is 0.324. The Morgan fingerprint density at radius 3 is 2.26 bits per heavy atom. The van der Waals surface area contributed by atoms with E-state index in [-0.39, 0.29) is 19.2 Å². The lowest BCUT2D eigenvalue weighted by Gasteiger charge is -2.30. The summed E-state index contributed by atoms with van der Waals surface area (Å²) < 4.78 is 41.3. The van der Waals surface area contributed by atoms with Gasteiger partial charge >= 0.3 is 5.97 Å². The molecule has 9 nitrogen and oxygen atoms in total. The maximum Gasteiger partial charge on any atom is 0.338 e. The second-order valence-corrected chi connectivity index (χ2v) is 12.4. The molecule has 0 spiro atoms. The van der Waals surface area contributed by atoms with E-state index in [9.17, 15) is 18.7 Å². The Morgan fingerprint density at radius 2 is 1.60 bits per heavy atom. The molecule has 4 aromatic carbocycles. The summed E-state index contributed by atoms with van der Waals surface area (Å²) in [5.74, 6) is 0.998. The second kappa shape index (κ2) is 17.1. The number of esters is 1. The lowest BCUT2D eigenvalue weighted by atomic mass is 9.81. The number of para-hydroxylation sites is 1. The van der Waals surface area contributed by atoms with Crippen LogP contribution in [0.2, 0.25) is 0 Å². The zero-order valence-electron chi connectivity index (χ0n) is 26.5. The predicted molar refractivity (Wildman–Crippen MR) is 183 cm³/mol. The smallest absolute Gasteiger partial charge is 0.338 e. The number of aliphatic hydroxyl groups is 1. The quantitative estimate of drug-likeness (QED) is 0.0947. The number of hydrogen-bond donors (Lipinski definition) is 3. The SMILES string of the molecule is CCOC(=O)c1ccc(C2CCC(NC[C@H](O)COc3ccc(OCc4ccccc4)c(N(c4ccccc4)S(=O)O)c3)CC2)cc1. The molecule has 0 radical (unpaired) electrons. The number of rotatable bonds is 15. The van der Waals surface area contributed by atoms with Crippen molar-refractivity contribution < 1.29 is 32.9 Å². The van der Waals surface area contributed by atoms with Crippen LogP contribution >= 0.6 is 0 Å². The third-order valence-corrected chi connectivity index (χ3v) is 8.96. The summed E-state index contributed by atoms with van der Waals surface area (Å²) in [6.07, 6.45) is 3.26. The molecule has 0 saturated heterocycles. The number of carbonyl (C=O) groups is 1. The average Bonchev–Trinajstić information content (AvgIpc) is 3.10. The molecule has 0 bridgehead atoms. The van der Waals surface area contributed by atoms with Gasteiger partial charge in [-0.25, -0.2) is 13.3 Å². The van der Waals surface area contributed by atoms with Crippen LogP contribution in [0.15, 0.2) is 103 Å². The summed E-state index contributed by atoms with van der Waals surface area (Å²) >= 11 is -2.39. The van der Waals surface area contributed by atoms with E-state index in [1.165, 1.54) is 9.87 Å². The number of hydrogen-bond acceptors (Lipinski definition) is 7. The molecule has 5 rings (SSSR count). The highest BCUT2D eigenvalue weighted by Crippen LogP contribution is 2.38. The first-order valence-corrected chi connectivity index (χ1v) is 17.1.